The van der Waals surface area contributed by atoms with E-state index in [1.807, 2.05) is 0 Å². The van der Waals surface area contributed by atoms with Gasteiger partial charge in [0.25, 0.3) is 0 Å². The van der Waals surface area contributed by atoms with Gasteiger partial charge in [0.15, 0.2) is 8.32 Å². The Bertz CT molecular complexity index is 124. The Balaban J connectivity index is 4.01. The molecule has 0 heterocycles. The Morgan fingerprint density at radius 2 is 1.75 bits per heavy atom. The van der Waals surface area contributed by atoms with Crippen LogP contribution in [0.1, 0.15) is 20.3 Å². The molecule has 0 aromatic rings. The largest absolute Gasteiger partial charge is 0.418 e. The second kappa shape index (κ2) is 5.19. The van der Waals surface area contributed by atoms with Crippen LogP contribution in [-0.4, -0.2) is 22.8 Å². The fraction of sp³-hybridized carbons (Fsp3) is 1.00. The van der Waals surface area contributed by atoms with Crippen molar-refractivity contribution in [2.45, 2.75) is 58.2 Å². The first-order valence-corrected chi connectivity index (χ1v) is 11.2. The van der Waals surface area contributed by atoms with Crippen LogP contribution in [0.2, 0.25) is 32.2 Å². The van der Waals surface area contributed by atoms with E-state index in [-0.39, 0.29) is 0 Å². The number of hydrogen-bond acceptors (Lipinski definition) is 1. The predicted octanol–water partition coefficient (Wildman–Crippen LogP) is 3.03. The van der Waals surface area contributed by atoms with Crippen molar-refractivity contribution in [3.8, 4) is 0 Å². The van der Waals surface area contributed by atoms with E-state index in [2.05, 4.69) is 40.0 Å². The maximum absolute atomic E-state index is 6.20. The van der Waals surface area contributed by atoms with Crippen LogP contribution >= 0.6 is 0 Å². The second-order valence-electron chi connectivity index (χ2n) is 4.42. The van der Waals surface area contributed by atoms with Crippen molar-refractivity contribution in [2.24, 2.45) is 0 Å². The van der Waals surface area contributed by atoms with Crippen molar-refractivity contribution in [3.63, 3.8) is 0 Å². The molecule has 0 amide bonds. The lowest BCUT2D eigenvalue weighted by atomic mass is 10.5. The van der Waals surface area contributed by atoms with Crippen molar-refractivity contribution in [1.82, 2.24) is 0 Å². The smallest absolute Gasteiger partial charge is 0.186 e. The third kappa shape index (κ3) is 4.43. The summed E-state index contributed by atoms with van der Waals surface area (Å²) in [6.07, 6.45) is 1.21. The molecule has 0 radical (unpaired) electrons. The summed E-state index contributed by atoms with van der Waals surface area (Å²) < 4.78 is 6.20. The molecule has 1 unspecified atom stereocenters. The maximum Gasteiger partial charge on any atom is 0.186 e. The van der Waals surface area contributed by atoms with Gasteiger partial charge in [-0.05, 0) is 25.6 Å². The van der Waals surface area contributed by atoms with E-state index in [0.717, 1.165) is 0 Å². The topological polar surface area (TPSA) is 9.23 Å². The van der Waals surface area contributed by atoms with E-state index < -0.39 is 17.1 Å². The normalized spacial score (nSPS) is 15.2. The Labute approximate surface area is 80.3 Å². The van der Waals surface area contributed by atoms with Crippen LogP contribution in [0, 0.1) is 0 Å². The van der Waals surface area contributed by atoms with Crippen LogP contribution in [0.25, 0.3) is 0 Å². The quantitative estimate of drug-likeness (QED) is 0.626. The lowest BCUT2D eigenvalue weighted by Crippen LogP contribution is -2.40. The van der Waals surface area contributed by atoms with Crippen LogP contribution in [0.15, 0.2) is 0 Å². The van der Waals surface area contributed by atoms with Gasteiger partial charge in [0.2, 0.25) is 0 Å². The summed E-state index contributed by atoms with van der Waals surface area (Å²) in [5, 5.41) is 0. The van der Waals surface area contributed by atoms with Gasteiger partial charge in [-0.15, -0.1) is 0 Å². The summed E-state index contributed by atoms with van der Waals surface area (Å²) in [4.78, 5) is 0. The summed E-state index contributed by atoms with van der Waals surface area (Å²) in [6.45, 7) is 13.9. The highest BCUT2D eigenvalue weighted by Crippen LogP contribution is 2.16. The highest BCUT2D eigenvalue weighted by molar-refractivity contribution is 6.72. The summed E-state index contributed by atoms with van der Waals surface area (Å²) in [5.41, 5.74) is 0.617. The average Bonchev–Trinajstić information content (AvgIpc) is 2.00. The van der Waals surface area contributed by atoms with Gasteiger partial charge >= 0.3 is 0 Å². The molecule has 3 heteroatoms. The van der Waals surface area contributed by atoms with E-state index in [1.165, 1.54) is 12.5 Å². The fourth-order valence-electron chi connectivity index (χ4n) is 1.18. The average molecular weight is 204 g/mol. The minimum atomic E-state index is -1.29. The highest BCUT2D eigenvalue weighted by atomic mass is 28.4. The Kier molecular flexibility index (Phi) is 5.36. The van der Waals surface area contributed by atoms with Gasteiger partial charge in [0.05, 0.1) is 8.80 Å². The van der Waals surface area contributed by atoms with Crippen LogP contribution in [-0.2, 0) is 4.43 Å². The third-order valence-corrected chi connectivity index (χ3v) is 7.48. The molecule has 0 aliphatic carbocycles. The molecule has 0 aliphatic heterocycles. The zero-order valence-electron chi connectivity index (χ0n) is 9.48. The second-order valence-corrected chi connectivity index (χ2v) is 12.1. The molecule has 0 spiro atoms. The summed E-state index contributed by atoms with van der Waals surface area (Å²) >= 11 is 0. The molecule has 0 rings (SSSR count). The molecule has 0 aliphatic rings. The first kappa shape index (κ1) is 12.4. The van der Waals surface area contributed by atoms with Gasteiger partial charge in [-0.1, -0.05) is 26.9 Å². The van der Waals surface area contributed by atoms with Crippen molar-refractivity contribution in [1.29, 1.82) is 0 Å². The number of rotatable bonds is 5. The van der Waals surface area contributed by atoms with Crippen molar-refractivity contribution >= 4 is 17.1 Å². The lowest BCUT2D eigenvalue weighted by Gasteiger charge is -2.29. The van der Waals surface area contributed by atoms with Gasteiger partial charge < -0.3 is 4.43 Å². The van der Waals surface area contributed by atoms with E-state index in [0.29, 0.717) is 5.73 Å². The molecule has 0 saturated carbocycles. The van der Waals surface area contributed by atoms with Crippen LogP contribution in [0.5, 0.6) is 0 Å². The van der Waals surface area contributed by atoms with Crippen molar-refractivity contribution < 1.29 is 4.43 Å². The fourth-order valence-corrected chi connectivity index (χ4v) is 5.47. The van der Waals surface area contributed by atoms with Crippen molar-refractivity contribution in [3.05, 3.63) is 0 Å². The monoisotopic (exact) mass is 204 g/mol. The van der Waals surface area contributed by atoms with Crippen LogP contribution in [0.4, 0.5) is 0 Å². The van der Waals surface area contributed by atoms with E-state index >= 15 is 0 Å². The van der Waals surface area contributed by atoms with E-state index in [9.17, 15) is 0 Å². The Hall–Kier alpha value is 0.394. The molecule has 0 bridgehead atoms. The highest BCUT2D eigenvalue weighted by Gasteiger charge is 2.25. The first-order valence-electron chi connectivity index (χ1n) is 5.10. The molecule has 12 heavy (non-hydrogen) atoms. The molecule has 0 aromatic heterocycles. The van der Waals surface area contributed by atoms with Gasteiger partial charge in [-0.2, -0.15) is 0 Å². The van der Waals surface area contributed by atoms with Gasteiger partial charge in [0.1, 0.15) is 0 Å². The molecule has 1 atom stereocenters. The standard InChI is InChI=1S/C9H24OSi2/c1-7-9(11(3)4)10-12(5,6)8-2/h9,11H,7-8H2,1-6H3. The van der Waals surface area contributed by atoms with Crippen molar-refractivity contribution in [2.75, 3.05) is 0 Å². The zero-order valence-corrected chi connectivity index (χ0v) is 11.6. The SMILES string of the molecule is CCC(O[Si](C)(C)CC)[SiH](C)C. The van der Waals surface area contributed by atoms with Gasteiger partial charge in [0, 0.05) is 5.73 Å². The molecular weight excluding hydrogens is 180 g/mol. The third-order valence-electron chi connectivity index (χ3n) is 2.47. The minimum absolute atomic E-state index is 0.587. The maximum atomic E-state index is 6.20. The molecular formula is C9H24OSi2. The zero-order chi connectivity index (χ0) is 9.78. The molecule has 74 valence electrons. The molecule has 0 N–H and O–H groups in total. The summed E-state index contributed by atoms with van der Waals surface area (Å²) in [7, 11) is -1.88. The lowest BCUT2D eigenvalue weighted by molar-refractivity contribution is 0.259. The summed E-state index contributed by atoms with van der Waals surface area (Å²) in [5.74, 6) is 0. The molecule has 0 fully saturated rings. The predicted molar refractivity (Wildman–Crippen MR) is 62.0 cm³/mol. The number of hydrogen-bond donors (Lipinski definition) is 0. The molecule has 0 saturated heterocycles. The molecule has 1 nitrogen and oxygen atoms in total. The first-order chi connectivity index (χ1) is 5.43. The molecule has 0 aromatic carbocycles. The van der Waals surface area contributed by atoms with Gasteiger partial charge in [-0.25, -0.2) is 0 Å². The van der Waals surface area contributed by atoms with E-state index in [4.69, 9.17) is 4.43 Å². The van der Waals surface area contributed by atoms with Crippen LogP contribution in [0.3, 0.4) is 0 Å². The Morgan fingerprint density at radius 1 is 1.25 bits per heavy atom. The van der Waals surface area contributed by atoms with Crippen LogP contribution < -0.4 is 0 Å². The van der Waals surface area contributed by atoms with Gasteiger partial charge in [-0.3, -0.25) is 0 Å². The minimum Gasteiger partial charge on any atom is -0.418 e. The summed E-state index contributed by atoms with van der Waals surface area (Å²) in [6, 6.07) is 1.24. The van der Waals surface area contributed by atoms with E-state index in [1.54, 1.807) is 0 Å². The Morgan fingerprint density at radius 3 is 2.00 bits per heavy atom.